The average molecular weight is 408 g/mol. The Morgan fingerprint density at radius 2 is 2.00 bits per heavy atom. The fourth-order valence-corrected chi connectivity index (χ4v) is 4.52. The molecule has 1 fully saturated rings. The van der Waals surface area contributed by atoms with Gasteiger partial charge >= 0.3 is 0 Å². The maximum atomic E-state index is 5.24. The first-order chi connectivity index (χ1) is 14.4. The Hall–Kier alpha value is -2.47. The number of methoxy groups -OCH3 is 1. The number of ether oxygens (including phenoxy) is 1. The number of anilines is 1. The monoisotopic (exact) mass is 407 g/mol. The molecule has 1 N–H and O–H groups in total. The van der Waals surface area contributed by atoms with Gasteiger partial charge in [0.15, 0.2) is 0 Å². The number of nitrogens with zero attached hydrogens (tertiary/aromatic N) is 4. The van der Waals surface area contributed by atoms with Crippen LogP contribution in [0.5, 0.6) is 0 Å². The van der Waals surface area contributed by atoms with Crippen LogP contribution in [0.1, 0.15) is 63.8 Å². The van der Waals surface area contributed by atoms with Gasteiger partial charge in [-0.2, -0.15) is 0 Å². The van der Waals surface area contributed by atoms with Gasteiger partial charge in [0, 0.05) is 42.2 Å². The van der Waals surface area contributed by atoms with Gasteiger partial charge < -0.3 is 10.1 Å². The van der Waals surface area contributed by atoms with Crippen molar-refractivity contribution in [2.45, 2.75) is 65.3 Å². The normalized spacial score (nSPS) is 17.9. The van der Waals surface area contributed by atoms with Crippen molar-refractivity contribution in [1.29, 1.82) is 0 Å². The van der Waals surface area contributed by atoms with E-state index in [1.54, 1.807) is 7.11 Å². The Kier molecular flexibility index (Phi) is 5.78. The predicted octanol–water partition coefficient (Wildman–Crippen LogP) is 5.23. The van der Waals surface area contributed by atoms with Crippen molar-refractivity contribution < 1.29 is 4.74 Å². The molecule has 1 aliphatic carbocycles. The average Bonchev–Trinajstić information content (AvgIpc) is 3.07. The van der Waals surface area contributed by atoms with E-state index in [0.717, 1.165) is 11.2 Å². The summed E-state index contributed by atoms with van der Waals surface area (Å²) >= 11 is 0. The van der Waals surface area contributed by atoms with E-state index in [4.69, 9.17) is 9.84 Å². The standard InChI is InChI=1S/C24H33N5O/c1-16-12-19(8-11-25-16)20-13-21(18-6-9-24(3,4)10-7-18)29-22(20)14-26-23(28-29)27-17(2)15-30-5/h8,11-14,17-18H,6-7,9-10,15H2,1-5H3,(H,27,28)/t17-/m0/s1. The van der Waals surface area contributed by atoms with Crippen LogP contribution in [0.4, 0.5) is 5.95 Å². The third kappa shape index (κ3) is 4.33. The van der Waals surface area contributed by atoms with E-state index in [0.29, 0.717) is 23.9 Å². The molecule has 1 aliphatic rings. The topological polar surface area (TPSA) is 64.3 Å². The molecule has 0 aromatic carbocycles. The van der Waals surface area contributed by atoms with Crippen molar-refractivity contribution in [3.8, 4) is 11.1 Å². The maximum Gasteiger partial charge on any atom is 0.241 e. The molecule has 1 atom stereocenters. The highest BCUT2D eigenvalue weighted by atomic mass is 16.5. The number of aryl methyl sites for hydroxylation is 1. The molecule has 160 valence electrons. The molecular weight excluding hydrogens is 374 g/mol. The summed E-state index contributed by atoms with van der Waals surface area (Å²) < 4.78 is 7.36. The first-order valence-electron chi connectivity index (χ1n) is 10.9. The summed E-state index contributed by atoms with van der Waals surface area (Å²) in [7, 11) is 1.71. The Labute approximate surface area is 179 Å². The van der Waals surface area contributed by atoms with Gasteiger partial charge in [0.2, 0.25) is 5.95 Å². The zero-order valence-electron chi connectivity index (χ0n) is 18.8. The van der Waals surface area contributed by atoms with E-state index in [1.807, 2.05) is 19.3 Å². The third-order valence-electron chi connectivity index (χ3n) is 6.30. The minimum absolute atomic E-state index is 0.143. The molecule has 3 heterocycles. The molecule has 0 aliphatic heterocycles. The van der Waals surface area contributed by atoms with Crippen molar-refractivity contribution in [1.82, 2.24) is 19.6 Å². The van der Waals surface area contributed by atoms with Crippen LogP contribution in [-0.2, 0) is 4.74 Å². The largest absolute Gasteiger partial charge is 0.383 e. The van der Waals surface area contributed by atoms with Crippen LogP contribution in [0, 0.1) is 12.3 Å². The quantitative estimate of drug-likeness (QED) is 0.606. The maximum absolute atomic E-state index is 5.24. The Morgan fingerprint density at radius 3 is 2.70 bits per heavy atom. The van der Waals surface area contributed by atoms with E-state index in [2.05, 4.69) is 58.8 Å². The molecule has 0 saturated heterocycles. The number of hydrogen-bond donors (Lipinski definition) is 1. The van der Waals surface area contributed by atoms with Crippen molar-refractivity contribution in [2.24, 2.45) is 5.41 Å². The Morgan fingerprint density at radius 1 is 1.23 bits per heavy atom. The lowest BCUT2D eigenvalue weighted by Crippen LogP contribution is -2.23. The van der Waals surface area contributed by atoms with E-state index >= 15 is 0 Å². The van der Waals surface area contributed by atoms with Gasteiger partial charge in [-0.25, -0.2) is 9.50 Å². The van der Waals surface area contributed by atoms with Crippen molar-refractivity contribution in [3.63, 3.8) is 0 Å². The van der Waals surface area contributed by atoms with Gasteiger partial charge in [0.1, 0.15) is 0 Å². The lowest BCUT2D eigenvalue weighted by Gasteiger charge is -2.34. The molecule has 3 aromatic rings. The highest BCUT2D eigenvalue weighted by Gasteiger charge is 2.30. The lowest BCUT2D eigenvalue weighted by atomic mass is 9.72. The van der Waals surface area contributed by atoms with Gasteiger partial charge in [-0.05, 0) is 68.7 Å². The van der Waals surface area contributed by atoms with Crippen LogP contribution in [-0.4, -0.2) is 39.3 Å². The van der Waals surface area contributed by atoms with Crippen LogP contribution < -0.4 is 5.32 Å². The molecule has 0 radical (unpaired) electrons. The third-order valence-corrected chi connectivity index (χ3v) is 6.30. The number of rotatable bonds is 6. The Balaban J connectivity index is 1.77. The van der Waals surface area contributed by atoms with Gasteiger partial charge in [-0.15, -0.1) is 5.10 Å². The van der Waals surface area contributed by atoms with Crippen molar-refractivity contribution in [3.05, 3.63) is 42.0 Å². The van der Waals surface area contributed by atoms with Crippen LogP contribution in [0.2, 0.25) is 0 Å². The van der Waals surface area contributed by atoms with Crippen LogP contribution >= 0.6 is 0 Å². The van der Waals surface area contributed by atoms with E-state index in [1.165, 1.54) is 42.5 Å². The molecule has 0 bridgehead atoms. The second kappa shape index (κ2) is 8.34. The van der Waals surface area contributed by atoms with Crippen molar-refractivity contribution >= 4 is 11.5 Å². The van der Waals surface area contributed by atoms with E-state index in [-0.39, 0.29) is 6.04 Å². The summed E-state index contributed by atoms with van der Waals surface area (Å²) in [5, 5.41) is 8.26. The molecule has 0 unspecified atom stereocenters. The van der Waals surface area contributed by atoms with Crippen molar-refractivity contribution in [2.75, 3.05) is 19.0 Å². The van der Waals surface area contributed by atoms with E-state index in [9.17, 15) is 0 Å². The number of fused-ring (bicyclic) bond motifs is 1. The molecule has 6 heteroatoms. The fraction of sp³-hybridized carbons (Fsp3) is 0.542. The number of aromatic nitrogens is 4. The van der Waals surface area contributed by atoms with Crippen LogP contribution in [0.15, 0.2) is 30.6 Å². The number of pyridine rings is 1. The predicted molar refractivity (Wildman–Crippen MR) is 121 cm³/mol. The summed E-state index contributed by atoms with van der Waals surface area (Å²) in [5.41, 5.74) is 6.13. The number of hydrogen-bond acceptors (Lipinski definition) is 5. The second-order valence-corrected chi connectivity index (χ2v) is 9.49. The highest BCUT2D eigenvalue weighted by molar-refractivity contribution is 5.81. The van der Waals surface area contributed by atoms with E-state index < -0.39 is 0 Å². The first-order valence-corrected chi connectivity index (χ1v) is 10.9. The zero-order chi connectivity index (χ0) is 21.3. The summed E-state index contributed by atoms with van der Waals surface area (Å²) in [6, 6.07) is 6.67. The Bertz CT molecular complexity index is 1020. The molecule has 30 heavy (non-hydrogen) atoms. The molecule has 0 spiro atoms. The molecule has 0 amide bonds. The first kappa shape index (κ1) is 20.8. The molecule has 3 aromatic heterocycles. The lowest BCUT2D eigenvalue weighted by molar-refractivity contribution is 0.190. The SMILES string of the molecule is COC[C@H](C)Nc1ncc2c(-c3ccnc(C)c3)cc(C3CCC(C)(C)CC3)n2n1. The highest BCUT2D eigenvalue weighted by Crippen LogP contribution is 2.44. The minimum atomic E-state index is 0.143. The summed E-state index contributed by atoms with van der Waals surface area (Å²) in [6.45, 7) is 9.47. The molecule has 6 nitrogen and oxygen atoms in total. The van der Waals surface area contributed by atoms with Gasteiger partial charge in [0.25, 0.3) is 0 Å². The van der Waals surface area contributed by atoms with Crippen LogP contribution in [0.25, 0.3) is 16.6 Å². The van der Waals surface area contributed by atoms with Gasteiger partial charge in [-0.3, -0.25) is 4.98 Å². The zero-order valence-corrected chi connectivity index (χ0v) is 18.8. The molecule has 4 rings (SSSR count). The number of nitrogens with one attached hydrogen (secondary N) is 1. The van der Waals surface area contributed by atoms with Gasteiger partial charge in [0.05, 0.1) is 18.3 Å². The summed E-state index contributed by atoms with van der Waals surface area (Å²) in [5.74, 6) is 1.15. The van der Waals surface area contributed by atoms with Gasteiger partial charge in [-0.1, -0.05) is 13.8 Å². The summed E-state index contributed by atoms with van der Waals surface area (Å²) in [4.78, 5) is 8.97. The molecule has 1 saturated carbocycles. The minimum Gasteiger partial charge on any atom is -0.383 e. The van der Waals surface area contributed by atoms with Crippen LogP contribution in [0.3, 0.4) is 0 Å². The second-order valence-electron chi connectivity index (χ2n) is 9.49. The molecular formula is C24H33N5O. The smallest absolute Gasteiger partial charge is 0.241 e. The fourth-order valence-electron chi connectivity index (χ4n) is 4.52. The summed E-state index contributed by atoms with van der Waals surface area (Å²) in [6.07, 6.45) is 8.70.